The fourth-order valence-electron chi connectivity index (χ4n) is 3.83. The van der Waals surface area contributed by atoms with E-state index in [-0.39, 0.29) is 29.4 Å². The Hall–Kier alpha value is -2.76. The number of nitrogens with zero attached hydrogens (tertiary/aromatic N) is 2. The molecule has 0 spiro atoms. The summed E-state index contributed by atoms with van der Waals surface area (Å²) in [5.74, 6) is -0.655. The zero-order valence-corrected chi connectivity index (χ0v) is 21.2. The van der Waals surface area contributed by atoms with Crippen molar-refractivity contribution in [2.24, 2.45) is 0 Å². The van der Waals surface area contributed by atoms with Crippen LogP contribution in [0.4, 0.5) is 5.69 Å². The van der Waals surface area contributed by atoms with Crippen LogP contribution in [-0.4, -0.2) is 57.0 Å². The molecule has 0 aromatic heterocycles. The van der Waals surface area contributed by atoms with Gasteiger partial charge in [0.25, 0.3) is 0 Å². The van der Waals surface area contributed by atoms with Gasteiger partial charge in [0.2, 0.25) is 26.0 Å². The molecular weight excluding hydrogens is 510 g/mol. The number of amides is 1. The van der Waals surface area contributed by atoms with Crippen molar-refractivity contribution in [1.82, 2.24) is 8.61 Å². The van der Waals surface area contributed by atoms with Crippen LogP contribution in [0, 0.1) is 6.92 Å². The van der Waals surface area contributed by atoms with Crippen molar-refractivity contribution in [3.8, 4) is 0 Å². The number of hydrogen-bond donors (Lipinski definition) is 1. The maximum atomic E-state index is 13.4. The van der Waals surface area contributed by atoms with Crippen molar-refractivity contribution in [3.63, 3.8) is 0 Å². The van der Waals surface area contributed by atoms with Crippen molar-refractivity contribution < 1.29 is 21.6 Å². The van der Waals surface area contributed by atoms with Gasteiger partial charge in [0, 0.05) is 30.3 Å². The Morgan fingerprint density at radius 2 is 1.43 bits per heavy atom. The molecule has 4 rings (SSSR count). The molecule has 1 N–H and O–H groups in total. The third-order valence-electron chi connectivity index (χ3n) is 5.77. The van der Waals surface area contributed by atoms with Gasteiger partial charge in [-0.3, -0.25) is 4.79 Å². The number of anilines is 1. The van der Waals surface area contributed by atoms with Gasteiger partial charge in [0.05, 0.1) is 9.79 Å². The highest BCUT2D eigenvalue weighted by Gasteiger charge is 2.43. The van der Waals surface area contributed by atoms with E-state index < -0.39 is 32.0 Å². The molecule has 1 aliphatic heterocycles. The largest absolute Gasteiger partial charge is 0.325 e. The highest BCUT2D eigenvalue weighted by Crippen LogP contribution is 2.27. The van der Waals surface area contributed by atoms with Gasteiger partial charge >= 0.3 is 0 Å². The highest BCUT2D eigenvalue weighted by atomic mass is 35.5. The fourth-order valence-corrected chi connectivity index (χ4v) is 7.06. The number of carbonyl (C=O) groups is 1. The number of piperazine rings is 1. The lowest BCUT2D eigenvalue weighted by Gasteiger charge is -2.38. The van der Waals surface area contributed by atoms with Crippen LogP contribution < -0.4 is 5.32 Å². The van der Waals surface area contributed by atoms with Crippen LogP contribution in [0.3, 0.4) is 0 Å². The summed E-state index contributed by atoms with van der Waals surface area (Å²) in [4.78, 5) is 13.5. The molecule has 8 nitrogen and oxygen atoms in total. The number of benzene rings is 3. The second-order valence-corrected chi connectivity index (χ2v) is 12.3. The molecule has 3 aromatic rings. The number of rotatable bonds is 6. The first kappa shape index (κ1) is 25.3. The number of halogens is 1. The van der Waals surface area contributed by atoms with E-state index in [2.05, 4.69) is 5.32 Å². The Morgan fingerprint density at radius 3 is 2.00 bits per heavy atom. The van der Waals surface area contributed by atoms with Gasteiger partial charge in [-0.15, -0.1) is 0 Å². The van der Waals surface area contributed by atoms with Crippen molar-refractivity contribution in [2.75, 3.05) is 25.0 Å². The van der Waals surface area contributed by atoms with Crippen molar-refractivity contribution in [2.45, 2.75) is 22.8 Å². The van der Waals surface area contributed by atoms with Gasteiger partial charge in [-0.25, -0.2) is 16.8 Å². The number of aryl methyl sites for hydroxylation is 1. The molecule has 35 heavy (non-hydrogen) atoms. The summed E-state index contributed by atoms with van der Waals surface area (Å²) in [6, 6.07) is 19.2. The topological polar surface area (TPSA) is 104 Å². The molecule has 11 heteroatoms. The first-order valence-corrected chi connectivity index (χ1v) is 14.1. The third kappa shape index (κ3) is 5.26. The predicted octanol–water partition coefficient (Wildman–Crippen LogP) is 3.35. The minimum Gasteiger partial charge on any atom is -0.325 e. The highest BCUT2D eigenvalue weighted by molar-refractivity contribution is 7.89. The number of sulfonamides is 2. The maximum Gasteiger partial charge on any atom is 0.244 e. The molecule has 0 saturated carbocycles. The van der Waals surface area contributed by atoms with Gasteiger partial charge in [0.1, 0.15) is 6.04 Å². The van der Waals surface area contributed by atoms with Gasteiger partial charge in [-0.1, -0.05) is 54.1 Å². The molecule has 1 heterocycles. The average molecular weight is 534 g/mol. The van der Waals surface area contributed by atoms with Gasteiger partial charge in [0.15, 0.2) is 0 Å². The number of carbonyl (C=O) groups excluding carboxylic acids is 1. The van der Waals surface area contributed by atoms with E-state index in [1.54, 1.807) is 54.6 Å². The minimum absolute atomic E-state index is 0.0237. The van der Waals surface area contributed by atoms with Gasteiger partial charge in [-0.05, 0) is 48.9 Å². The summed E-state index contributed by atoms with van der Waals surface area (Å²) in [7, 11) is -8.01. The lowest BCUT2D eigenvalue weighted by Crippen LogP contribution is -2.60. The lowest BCUT2D eigenvalue weighted by atomic mass is 10.2. The molecule has 1 amide bonds. The standard InChI is InChI=1S/C24H24ClN3O5S2/c1-18-12-13-19(16-22(18)25)26-24(29)23-17-27(34(30,31)20-8-4-2-5-9-20)14-15-28(23)35(32,33)21-10-6-3-7-11-21/h2-13,16,23H,14-15,17H2,1H3,(H,26,29)/t23-/m0/s1. The van der Waals surface area contributed by atoms with E-state index in [0.29, 0.717) is 10.7 Å². The van der Waals surface area contributed by atoms with Crippen molar-refractivity contribution >= 4 is 43.2 Å². The van der Waals surface area contributed by atoms with Crippen LogP contribution in [0.5, 0.6) is 0 Å². The van der Waals surface area contributed by atoms with Crippen LogP contribution in [-0.2, 0) is 24.8 Å². The Bertz CT molecular complexity index is 1430. The quantitative estimate of drug-likeness (QED) is 0.523. The Morgan fingerprint density at radius 1 is 0.857 bits per heavy atom. The normalized spacial score (nSPS) is 17.7. The van der Waals surface area contributed by atoms with Crippen LogP contribution in [0.1, 0.15) is 5.56 Å². The molecule has 1 aliphatic rings. The minimum atomic E-state index is -4.07. The molecular formula is C24H24ClN3O5S2. The summed E-state index contributed by atoms with van der Waals surface area (Å²) >= 11 is 6.17. The van der Waals surface area contributed by atoms with E-state index in [4.69, 9.17) is 11.6 Å². The predicted molar refractivity (Wildman–Crippen MR) is 134 cm³/mol. The fraction of sp³-hybridized carbons (Fsp3) is 0.208. The van der Waals surface area contributed by atoms with E-state index >= 15 is 0 Å². The summed E-state index contributed by atoms with van der Waals surface area (Å²) in [6.45, 7) is 1.20. The maximum absolute atomic E-state index is 13.4. The van der Waals surface area contributed by atoms with Crippen molar-refractivity contribution in [1.29, 1.82) is 0 Å². The number of nitrogens with one attached hydrogen (secondary N) is 1. The molecule has 1 atom stereocenters. The second-order valence-electron chi connectivity index (χ2n) is 8.07. The zero-order chi connectivity index (χ0) is 25.2. The average Bonchev–Trinajstić information content (AvgIpc) is 2.87. The Labute approximate surface area is 210 Å². The molecule has 3 aromatic carbocycles. The molecule has 0 aliphatic carbocycles. The molecule has 0 radical (unpaired) electrons. The summed E-state index contributed by atoms with van der Waals surface area (Å²) in [6.07, 6.45) is 0. The Kier molecular flexibility index (Phi) is 7.30. The van der Waals surface area contributed by atoms with E-state index in [0.717, 1.165) is 14.2 Å². The van der Waals surface area contributed by atoms with E-state index in [1.807, 2.05) is 6.92 Å². The SMILES string of the molecule is Cc1ccc(NC(=O)[C@@H]2CN(S(=O)(=O)c3ccccc3)CCN2S(=O)(=O)c2ccccc2)cc1Cl. The van der Waals surface area contributed by atoms with Gasteiger partial charge < -0.3 is 5.32 Å². The first-order valence-electron chi connectivity index (χ1n) is 10.8. The molecule has 184 valence electrons. The molecule has 0 bridgehead atoms. The van der Waals surface area contributed by atoms with Crippen LogP contribution >= 0.6 is 11.6 Å². The second kappa shape index (κ2) is 10.1. The molecule has 1 saturated heterocycles. The van der Waals surface area contributed by atoms with Crippen LogP contribution in [0.25, 0.3) is 0 Å². The zero-order valence-electron chi connectivity index (χ0n) is 18.8. The first-order chi connectivity index (χ1) is 16.6. The van der Waals surface area contributed by atoms with Gasteiger partial charge in [-0.2, -0.15) is 8.61 Å². The molecule has 1 fully saturated rings. The molecule has 0 unspecified atom stereocenters. The third-order valence-corrected chi connectivity index (χ3v) is 9.98. The van der Waals surface area contributed by atoms with E-state index in [1.165, 1.54) is 24.3 Å². The smallest absolute Gasteiger partial charge is 0.244 e. The summed E-state index contributed by atoms with van der Waals surface area (Å²) < 4.78 is 55.5. The number of hydrogen-bond acceptors (Lipinski definition) is 5. The Balaban J connectivity index is 1.69. The van der Waals surface area contributed by atoms with Crippen molar-refractivity contribution in [3.05, 3.63) is 89.4 Å². The summed E-state index contributed by atoms with van der Waals surface area (Å²) in [5, 5.41) is 3.13. The monoisotopic (exact) mass is 533 g/mol. The summed E-state index contributed by atoms with van der Waals surface area (Å²) in [5.41, 5.74) is 1.20. The van der Waals surface area contributed by atoms with Crippen LogP contribution in [0.2, 0.25) is 5.02 Å². The van der Waals surface area contributed by atoms with E-state index in [9.17, 15) is 21.6 Å². The lowest BCUT2D eigenvalue weighted by molar-refractivity contribution is -0.120. The van der Waals surface area contributed by atoms with Crippen LogP contribution in [0.15, 0.2) is 88.7 Å².